The molecule has 94 valence electrons. The molecule has 17 heavy (non-hydrogen) atoms. The van der Waals surface area contributed by atoms with Crippen LogP contribution in [-0.2, 0) is 0 Å². The molecule has 1 rings (SSSR count). The zero-order valence-electron chi connectivity index (χ0n) is 9.47. The van der Waals surface area contributed by atoms with Gasteiger partial charge in [-0.25, -0.2) is 0 Å². The fourth-order valence-corrected chi connectivity index (χ4v) is 2.62. The van der Waals surface area contributed by atoms with Gasteiger partial charge in [-0.3, -0.25) is 4.79 Å². The van der Waals surface area contributed by atoms with Gasteiger partial charge in [-0.2, -0.15) is 0 Å². The van der Waals surface area contributed by atoms with Gasteiger partial charge in [-0.15, -0.1) is 0 Å². The topological polar surface area (TPSA) is 29.1 Å². The second-order valence-electron chi connectivity index (χ2n) is 3.83. The largest absolute Gasteiger partial charge is 0.350 e. The van der Waals surface area contributed by atoms with Gasteiger partial charge in [-0.05, 0) is 53.9 Å². The first-order valence-electron chi connectivity index (χ1n) is 5.36. The summed E-state index contributed by atoms with van der Waals surface area (Å²) in [5.41, 5.74) is 0.611. The third-order valence-corrected chi connectivity index (χ3v) is 3.78. The highest BCUT2D eigenvalue weighted by Crippen LogP contribution is 2.21. The van der Waals surface area contributed by atoms with Crippen LogP contribution in [0.15, 0.2) is 22.7 Å². The van der Waals surface area contributed by atoms with E-state index in [2.05, 4.69) is 37.2 Å². The number of hydrogen-bond donors (Lipinski definition) is 1. The summed E-state index contributed by atoms with van der Waals surface area (Å²) >= 11 is 12.5. The summed E-state index contributed by atoms with van der Waals surface area (Å²) in [6, 6.07) is 5.32. The molecule has 1 amide bonds. The standard InChI is InChI=1S/C12H14Br2ClNO/c1-8(3-2-6-13)16-12(17)10-5-4-9(15)7-11(10)14/h4-5,7-8H,2-3,6H2,1H3,(H,16,17). The SMILES string of the molecule is CC(CCCBr)NC(=O)c1ccc(Cl)cc1Br. The van der Waals surface area contributed by atoms with Gasteiger partial charge in [0.2, 0.25) is 0 Å². The first kappa shape index (κ1) is 15.0. The minimum Gasteiger partial charge on any atom is -0.350 e. The number of halogens is 3. The maximum absolute atomic E-state index is 12.0. The van der Waals surface area contributed by atoms with Crippen LogP contribution in [0.5, 0.6) is 0 Å². The van der Waals surface area contributed by atoms with E-state index >= 15 is 0 Å². The van der Waals surface area contributed by atoms with Crippen molar-refractivity contribution in [2.75, 3.05) is 5.33 Å². The summed E-state index contributed by atoms with van der Waals surface area (Å²) < 4.78 is 0.718. The fraction of sp³-hybridized carbons (Fsp3) is 0.417. The molecule has 1 aromatic carbocycles. The third-order valence-electron chi connectivity index (χ3n) is 2.32. The zero-order valence-corrected chi connectivity index (χ0v) is 13.4. The van der Waals surface area contributed by atoms with Gasteiger partial charge in [0.05, 0.1) is 5.56 Å². The van der Waals surface area contributed by atoms with E-state index in [0.717, 1.165) is 22.6 Å². The Balaban J connectivity index is 2.63. The Hall–Kier alpha value is -0.0600. The molecule has 0 saturated carbocycles. The van der Waals surface area contributed by atoms with Crippen LogP contribution in [0.3, 0.4) is 0 Å². The molecule has 1 unspecified atom stereocenters. The number of carbonyl (C=O) groups is 1. The molecule has 5 heteroatoms. The maximum Gasteiger partial charge on any atom is 0.252 e. The molecule has 0 bridgehead atoms. The summed E-state index contributed by atoms with van der Waals surface area (Å²) in [6.07, 6.45) is 2.01. The lowest BCUT2D eigenvalue weighted by molar-refractivity contribution is 0.0937. The van der Waals surface area contributed by atoms with Gasteiger partial charge in [0.15, 0.2) is 0 Å². The highest BCUT2D eigenvalue weighted by Gasteiger charge is 2.12. The quantitative estimate of drug-likeness (QED) is 0.751. The molecular formula is C12H14Br2ClNO. The van der Waals surface area contributed by atoms with Crippen molar-refractivity contribution in [3.8, 4) is 0 Å². The number of alkyl halides is 1. The molecule has 0 aromatic heterocycles. The molecule has 1 N–H and O–H groups in total. The smallest absolute Gasteiger partial charge is 0.252 e. The van der Waals surface area contributed by atoms with Crippen molar-refractivity contribution in [1.29, 1.82) is 0 Å². The summed E-state index contributed by atoms with van der Waals surface area (Å²) in [4.78, 5) is 12.0. The van der Waals surface area contributed by atoms with Gasteiger partial charge in [0, 0.05) is 20.9 Å². The number of rotatable bonds is 5. The summed E-state index contributed by atoms with van der Waals surface area (Å²) in [7, 11) is 0. The number of carbonyl (C=O) groups excluding carboxylic acids is 1. The van der Waals surface area contributed by atoms with Crippen LogP contribution in [-0.4, -0.2) is 17.3 Å². The van der Waals surface area contributed by atoms with Crippen molar-refractivity contribution in [2.45, 2.75) is 25.8 Å². The minimum atomic E-state index is -0.0735. The van der Waals surface area contributed by atoms with Gasteiger partial charge in [0.25, 0.3) is 5.91 Å². The molecule has 0 aliphatic carbocycles. The number of amides is 1. The highest BCUT2D eigenvalue weighted by atomic mass is 79.9. The first-order chi connectivity index (χ1) is 8.04. The van der Waals surface area contributed by atoms with E-state index in [-0.39, 0.29) is 11.9 Å². The predicted molar refractivity (Wildman–Crippen MR) is 79.1 cm³/mol. The molecule has 0 radical (unpaired) electrons. The summed E-state index contributed by atoms with van der Waals surface area (Å²) in [5, 5.41) is 4.53. The van der Waals surface area contributed by atoms with E-state index in [1.807, 2.05) is 6.92 Å². The molecule has 0 aliphatic rings. The van der Waals surface area contributed by atoms with E-state index in [4.69, 9.17) is 11.6 Å². The van der Waals surface area contributed by atoms with Gasteiger partial charge in [0.1, 0.15) is 0 Å². The van der Waals surface area contributed by atoms with Crippen LogP contribution in [0.2, 0.25) is 5.02 Å². The molecular weight excluding hydrogens is 369 g/mol. The Morgan fingerprint density at radius 3 is 2.82 bits per heavy atom. The van der Waals surface area contributed by atoms with E-state index in [1.54, 1.807) is 18.2 Å². The molecule has 2 nitrogen and oxygen atoms in total. The lowest BCUT2D eigenvalue weighted by Crippen LogP contribution is -2.32. The maximum atomic E-state index is 12.0. The average molecular weight is 384 g/mol. The normalized spacial score (nSPS) is 12.2. The minimum absolute atomic E-state index is 0.0735. The third kappa shape index (κ3) is 4.98. The summed E-state index contributed by atoms with van der Waals surface area (Å²) in [6.45, 7) is 2.00. The van der Waals surface area contributed by atoms with Crippen LogP contribution in [0.25, 0.3) is 0 Å². The van der Waals surface area contributed by atoms with Gasteiger partial charge in [-0.1, -0.05) is 27.5 Å². The summed E-state index contributed by atoms with van der Waals surface area (Å²) in [5.74, 6) is -0.0735. The molecule has 0 spiro atoms. The van der Waals surface area contributed by atoms with Crippen LogP contribution in [0.4, 0.5) is 0 Å². The Morgan fingerprint density at radius 2 is 2.24 bits per heavy atom. The molecule has 0 fully saturated rings. The Labute approximate surface area is 123 Å². The lowest BCUT2D eigenvalue weighted by Gasteiger charge is -2.14. The second kappa shape index (κ2) is 7.39. The number of hydrogen-bond acceptors (Lipinski definition) is 1. The van der Waals surface area contributed by atoms with Gasteiger partial charge < -0.3 is 5.32 Å². The van der Waals surface area contributed by atoms with Crippen molar-refractivity contribution in [3.63, 3.8) is 0 Å². The Kier molecular flexibility index (Phi) is 6.52. The van der Waals surface area contributed by atoms with Crippen LogP contribution in [0.1, 0.15) is 30.1 Å². The Morgan fingerprint density at radius 1 is 1.53 bits per heavy atom. The Bertz CT molecular complexity index is 398. The highest BCUT2D eigenvalue weighted by molar-refractivity contribution is 9.10. The molecule has 1 atom stereocenters. The predicted octanol–water partition coefficient (Wildman–Crippen LogP) is 4.40. The molecule has 1 aromatic rings. The number of benzene rings is 1. The monoisotopic (exact) mass is 381 g/mol. The van der Waals surface area contributed by atoms with Gasteiger partial charge >= 0.3 is 0 Å². The second-order valence-corrected chi connectivity index (χ2v) is 5.91. The molecule has 0 saturated heterocycles. The van der Waals surface area contributed by atoms with Crippen LogP contribution in [0, 0.1) is 0 Å². The van der Waals surface area contributed by atoms with Crippen molar-refractivity contribution < 1.29 is 4.79 Å². The average Bonchev–Trinajstić information content (AvgIpc) is 2.26. The zero-order chi connectivity index (χ0) is 12.8. The van der Waals surface area contributed by atoms with Crippen LogP contribution < -0.4 is 5.32 Å². The fourth-order valence-electron chi connectivity index (χ4n) is 1.43. The molecule has 0 heterocycles. The van der Waals surface area contributed by atoms with E-state index < -0.39 is 0 Å². The lowest BCUT2D eigenvalue weighted by atomic mass is 10.1. The van der Waals surface area contributed by atoms with Crippen molar-refractivity contribution in [1.82, 2.24) is 5.32 Å². The first-order valence-corrected chi connectivity index (χ1v) is 7.65. The van der Waals surface area contributed by atoms with Crippen molar-refractivity contribution in [3.05, 3.63) is 33.3 Å². The van der Waals surface area contributed by atoms with Crippen LogP contribution >= 0.6 is 43.5 Å². The van der Waals surface area contributed by atoms with Crippen molar-refractivity contribution in [2.24, 2.45) is 0 Å². The van der Waals surface area contributed by atoms with E-state index in [1.165, 1.54) is 0 Å². The number of nitrogens with one attached hydrogen (secondary N) is 1. The van der Waals surface area contributed by atoms with Crippen molar-refractivity contribution >= 4 is 49.4 Å². The van der Waals surface area contributed by atoms with E-state index in [0.29, 0.717) is 10.6 Å². The molecule has 0 aliphatic heterocycles. The van der Waals surface area contributed by atoms with E-state index in [9.17, 15) is 4.79 Å².